The second-order valence-electron chi connectivity index (χ2n) is 4.97. The molecule has 1 fully saturated rings. The van der Waals surface area contributed by atoms with Crippen LogP contribution in [-0.4, -0.2) is 59.7 Å². The number of hydrogen-bond acceptors (Lipinski definition) is 4. The molecule has 0 saturated carbocycles. The highest BCUT2D eigenvalue weighted by molar-refractivity contribution is 7.99. The van der Waals surface area contributed by atoms with Crippen LogP contribution in [0.2, 0.25) is 0 Å². The van der Waals surface area contributed by atoms with Gasteiger partial charge >= 0.3 is 12.2 Å². The summed E-state index contributed by atoms with van der Waals surface area (Å²) in [7, 11) is 0. The maximum absolute atomic E-state index is 11.9. The van der Waals surface area contributed by atoms with Crippen molar-refractivity contribution < 1.29 is 22.8 Å². The van der Waals surface area contributed by atoms with Gasteiger partial charge in [0, 0.05) is 17.5 Å². The highest BCUT2D eigenvalue weighted by atomic mass is 32.2. The van der Waals surface area contributed by atoms with E-state index in [1.165, 1.54) is 0 Å². The highest BCUT2D eigenvalue weighted by Crippen LogP contribution is 2.19. The molecule has 1 heterocycles. The number of imide groups is 1. The summed E-state index contributed by atoms with van der Waals surface area (Å²) in [5.74, 6) is 0.299. The molecule has 0 unspecified atom stereocenters. The number of thioether (sulfide) groups is 1. The van der Waals surface area contributed by atoms with Crippen molar-refractivity contribution in [2.24, 2.45) is 0 Å². The number of carbonyl (C=O) groups is 2. The summed E-state index contributed by atoms with van der Waals surface area (Å²) in [5, 5.41) is 4.07. The van der Waals surface area contributed by atoms with Crippen molar-refractivity contribution in [3.05, 3.63) is 0 Å². The molecular weight excluding hydrogens is 307 g/mol. The van der Waals surface area contributed by atoms with Gasteiger partial charge in [0.1, 0.15) is 6.54 Å². The van der Waals surface area contributed by atoms with Crippen LogP contribution in [0, 0.1) is 0 Å². The van der Waals surface area contributed by atoms with Gasteiger partial charge in [-0.3, -0.25) is 15.0 Å². The lowest BCUT2D eigenvalue weighted by molar-refractivity contribution is -0.126. The average Bonchev–Trinajstić information content (AvgIpc) is 2.59. The minimum atomic E-state index is -4.50. The van der Waals surface area contributed by atoms with Crippen LogP contribution in [0.1, 0.15) is 20.3 Å². The summed E-state index contributed by atoms with van der Waals surface area (Å²) in [6, 6.07) is -1.67. The highest BCUT2D eigenvalue weighted by Gasteiger charge is 2.29. The molecule has 0 aromatic carbocycles. The fraction of sp³-hybridized carbons (Fsp3) is 0.833. The first-order valence-corrected chi connectivity index (χ1v) is 7.75. The fourth-order valence-electron chi connectivity index (χ4n) is 1.91. The molecule has 122 valence electrons. The second kappa shape index (κ2) is 7.88. The number of carbonyl (C=O) groups excluding carboxylic acids is 2. The summed E-state index contributed by atoms with van der Waals surface area (Å²) in [6.07, 6.45) is -3.56. The zero-order valence-corrected chi connectivity index (χ0v) is 12.8. The number of nitrogens with zero attached hydrogens (tertiary/aromatic N) is 1. The molecule has 0 radical (unpaired) electrons. The van der Waals surface area contributed by atoms with Crippen LogP contribution in [0.25, 0.3) is 0 Å². The lowest BCUT2D eigenvalue weighted by Gasteiger charge is -2.26. The van der Waals surface area contributed by atoms with Gasteiger partial charge in [0.2, 0.25) is 5.91 Å². The Morgan fingerprint density at radius 2 is 2.05 bits per heavy atom. The van der Waals surface area contributed by atoms with Gasteiger partial charge < -0.3 is 5.32 Å². The third-order valence-electron chi connectivity index (χ3n) is 3.22. The van der Waals surface area contributed by atoms with Gasteiger partial charge in [-0.1, -0.05) is 6.92 Å². The molecule has 1 aliphatic rings. The second-order valence-corrected chi connectivity index (χ2v) is 6.52. The Morgan fingerprint density at radius 3 is 2.67 bits per heavy atom. The van der Waals surface area contributed by atoms with E-state index in [2.05, 4.69) is 6.92 Å². The van der Waals surface area contributed by atoms with Crippen molar-refractivity contribution in [3.63, 3.8) is 0 Å². The van der Waals surface area contributed by atoms with Crippen LogP contribution in [0.3, 0.4) is 0 Å². The Morgan fingerprint density at radius 1 is 1.38 bits per heavy atom. The fourth-order valence-corrected chi connectivity index (χ4v) is 2.92. The van der Waals surface area contributed by atoms with E-state index in [1.807, 2.05) is 22.0 Å². The predicted molar refractivity (Wildman–Crippen MR) is 75.2 cm³/mol. The molecule has 21 heavy (non-hydrogen) atoms. The molecule has 3 amide bonds. The van der Waals surface area contributed by atoms with E-state index < -0.39 is 30.7 Å². The predicted octanol–water partition coefficient (Wildman–Crippen LogP) is 1.59. The Labute approximate surface area is 126 Å². The first kappa shape index (κ1) is 18.1. The topological polar surface area (TPSA) is 61.4 Å². The molecule has 1 aliphatic heterocycles. The molecule has 2 N–H and O–H groups in total. The average molecular weight is 327 g/mol. The smallest absolute Gasteiger partial charge is 0.329 e. The number of amides is 3. The van der Waals surface area contributed by atoms with Gasteiger partial charge in [0.05, 0.1) is 6.04 Å². The summed E-state index contributed by atoms with van der Waals surface area (Å²) in [4.78, 5) is 25.0. The van der Waals surface area contributed by atoms with E-state index in [-0.39, 0.29) is 0 Å². The Bertz CT molecular complexity index is 379. The van der Waals surface area contributed by atoms with E-state index in [0.717, 1.165) is 18.7 Å². The van der Waals surface area contributed by atoms with Crippen LogP contribution in [-0.2, 0) is 4.79 Å². The number of alkyl halides is 3. The van der Waals surface area contributed by atoms with Crippen LogP contribution in [0.4, 0.5) is 18.0 Å². The summed E-state index contributed by atoms with van der Waals surface area (Å²) in [6.45, 7) is 3.75. The first-order valence-electron chi connectivity index (χ1n) is 6.70. The van der Waals surface area contributed by atoms with Gasteiger partial charge in [0.25, 0.3) is 0 Å². The minimum absolute atomic E-state index is 0.514. The van der Waals surface area contributed by atoms with Crippen molar-refractivity contribution in [2.75, 3.05) is 25.4 Å². The first-order chi connectivity index (χ1) is 9.69. The van der Waals surface area contributed by atoms with E-state index in [9.17, 15) is 22.8 Å². The molecule has 0 aliphatic carbocycles. The zero-order valence-electron chi connectivity index (χ0n) is 12.0. The van der Waals surface area contributed by atoms with E-state index in [0.29, 0.717) is 11.8 Å². The molecular formula is C12H20F3N3O2S. The van der Waals surface area contributed by atoms with Crippen LogP contribution in [0.15, 0.2) is 0 Å². The van der Waals surface area contributed by atoms with Crippen molar-refractivity contribution in [1.82, 2.24) is 15.5 Å². The largest absolute Gasteiger partial charge is 0.405 e. The van der Waals surface area contributed by atoms with Crippen molar-refractivity contribution in [2.45, 2.75) is 37.7 Å². The lowest BCUT2D eigenvalue weighted by atomic mass is 10.2. The van der Waals surface area contributed by atoms with E-state index in [4.69, 9.17) is 0 Å². The lowest BCUT2D eigenvalue weighted by Crippen LogP contribution is -2.51. The molecule has 0 bridgehead atoms. The standard InChI is InChI=1S/C12H20F3N3O2S/c1-8-3-4-18(5-6-21-8)9(2)10(19)17-11(20)16-7-12(13,14)15/h8-9H,3-7H2,1-2H3,(H2,16,17,19,20)/t8-,9-/m0/s1. The maximum atomic E-state index is 11.9. The number of nitrogens with one attached hydrogen (secondary N) is 2. The maximum Gasteiger partial charge on any atom is 0.405 e. The molecule has 5 nitrogen and oxygen atoms in total. The Balaban J connectivity index is 2.41. The van der Waals surface area contributed by atoms with Gasteiger partial charge in [-0.25, -0.2) is 4.79 Å². The quantitative estimate of drug-likeness (QED) is 0.826. The molecule has 0 aromatic rings. The SMILES string of the molecule is C[C@H]1CCN([C@@H](C)C(=O)NC(=O)NCC(F)(F)F)CCS1. The number of urea groups is 1. The van der Waals surface area contributed by atoms with E-state index in [1.54, 1.807) is 12.2 Å². The van der Waals surface area contributed by atoms with Crippen molar-refractivity contribution in [3.8, 4) is 0 Å². The summed E-state index contributed by atoms with van der Waals surface area (Å²) < 4.78 is 35.8. The molecule has 1 rings (SSSR count). The van der Waals surface area contributed by atoms with Gasteiger partial charge in [-0.05, 0) is 19.9 Å². The molecule has 0 spiro atoms. The summed E-state index contributed by atoms with van der Waals surface area (Å²) in [5.41, 5.74) is 0. The van der Waals surface area contributed by atoms with Gasteiger partial charge in [-0.15, -0.1) is 0 Å². The van der Waals surface area contributed by atoms with Crippen LogP contribution in [0.5, 0.6) is 0 Å². The third-order valence-corrected chi connectivity index (χ3v) is 4.44. The molecule has 9 heteroatoms. The monoisotopic (exact) mass is 327 g/mol. The van der Waals surface area contributed by atoms with Crippen LogP contribution < -0.4 is 10.6 Å². The van der Waals surface area contributed by atoms with Crippen molar-refractivity contribution in [1.29, 1.82) is 0 Å². The number of halogens is 3. The van der Waals surface area contributed by atoms with Gasteiger partial charge in [-0.2, -0.15) is 24.9 Å². The molecule has 0 aromatic heterocycles. The third kappa shape index (κ3) is 7.03. The molecule has 1 saturated heterocycles. The van der Waals surface area contributed by atoms with E-state index >= 15 is 0 Å². The number of hydrogen-bond donors (Lipinski definition) is 2. The zero-order chi connectivity index (χ0) is 16.0. The van der Waals surface area contributed by atoms with Crippen LogP contribution >= 0.6 is 11.8 Å². The minimum Gasteiger partial charge on any atom is -0.329 e. The van der Waals surface area contributed by atoms with Gasteiger partial charge in [0.15, 0.2) is 0 Å². The molecule has 2 atom stereocenters. The van der Waals surface area contributed by atoms with Crippen molar-refractivity contribution >= 4 is 23.7 Å². The number of rotatable bonds is 3. The summed E-state index contributed by atoms with van der Waals surface area (Å²) >= 11 is 1.82. The Hall–Kier alpha value is -0.960. The normalized spacial score (nSPS) is 22.2. The Kier molecular flexibility index (Phi) is 6.79.